The molecule has 1 atom stereocenters. The number of carbonyl (C=O) groups excluding carboxylic acids is 1. The highest BCUT2D eigenvalue weighted by atomic mass is 32.2. The Balaban J connectivity index is 1.75. The largest absolute Gasteiger partial charge is 0.337 e. The lowest BCUT2D eigenvalue weighted by Gasteiger charge is -2.38. The molecule has 0 bridgehead atoms. The van der Waals surface area contributed by atoms with Crippen LogP contribution in [0.2, 0.25) is 0 Å². The smallest absolute Gasteiger partial charge is 0.223 e. The molecule has 0 aromatic rings. The van der Waals surface area contributed by atoms with E-state index in [0.29, 0.717) is 25.4 Å². The topological polar surface area (TPSA) is 57.7 Å². The van der Waals surface area contributed by atoms with Gasteiger partial charge in [-0.15, -0.1) is 0 Å². The van der Waals surface area contributed by atoms with Crippen LogP contribution in [0.5, 0.6) is 0 Å². The average molecular weight is 300 g/mol. The number of carbonyl (C=O) groups is 1. The molecule has 2 saturated heterocycles. The average Bonchev–Trinajstić information content (AvgIpc) is 3.14. The van der Waals surface area contributed by atoms with Crippen molar-refractivity contribution in [1.82, 2.24) is 9.21 Å². The number of rotatable bonds is 3. The molecule has 2 heterocycles. The number of likely N-dealkylation sites (tertiary alicyclic amines) is 1. The zero-order chi connectivity index (χ0) is 14.4. The molecule has 0 N–H and O–H groups in total. The molecule has 20 heavy (non-hydrogen) atoms. The van der Waals surface area contributed by atoms with Gasteiger partial charge in [-0.3, -0.25) is 4.79 Å². The first-order valence-corrected chi connectivity index (χ1v) is 9.51. The maximum atomic E-state index is 12.2. The van der Waals surface area contributed by atoms with Gasteiger partial charge in [0, 0.05) is 31.6 Å². The fraction of sp³-hybridized carbons (Fsp3) is 0.929. The summed E-state index contributed by atoms with van der Waals surface area (Å²) in [6.45, 7) is 2.07. The number of hydrogen-bond donors (Lipinski definition) is 0. The second-order valence-electron chi connectivity index (χ2n) is 6.69. The predicted molar refractivity (Wildman–Crippen MR) is 76.7 cm³/mol. The fourth-order valence-electron chi connectivity index (χ4n) is 3.73. The van der Waals surface area contributed by atoms with Crippen LogP contribution >= 0.6 is 0 Å². The van der Waals surface area contributed by atoms with E-state index in [1.807, 2.05) is 0 Å². The molecule has 1 spiro atoms. The second kappa shape index (κ2) is 4.98. The lowest BCUT2D eigenvalue weighted by molar-refractivity contribution is -0.131. The van der Waals surface area contributed by atoms with Gasteiger partial charge in [0.2, 0.25) is 15.9 Å². The van der Waals surface area contributed by atoms with Crippen LogP contribution < -0.4 is 0 Å². The molecular weight excluding hydrogens is 276 g/mol. The first kappa shape index (κ1) is 14.3. The van der Waals surface area contributed by atoms with Crippen LogP contribution in [0.3, 0.4) is 0 Å². The second-order valence-corrected chi connectivity index (χ2v) is 8.67. The van der Waals surface area contributed by atoms with Crippen molar-refractivity contribution in [2.75, 3.05) is 25.9 Å². The van der Waals surface area contributed by atoms with E-state index in [4.69, 9.17) is 0 Å². The van der Waals surface area contributed by atoms with E-state index in [2.05, 4.69) is 4.90 Å². The molecule has 0 radical (unpaired) electrons. The van der Waals surface area contributed by atoms with Gasteiger partial charge in [-0.05, 0) is 44.4 Å². The van der Waals surface area contributed by atoms with Crippen LogP contribution in [0.25, 0.3) is 0 Å². The molecule has 2 aliphatic heterocycles. The Labute approximate surface area is 121 Å². The van der Waals surface area contributed by atoms with Crippen molar-refractivity contribution >= 4 is 15.9 Å². The molecule has 1 saturated carbocycles. The van der Waals surface area contributed by atoms with Crippen molar-refractivity contribution < 1.29 is 13.2 Å². The van der Waals surface area contributed by atoms with Gasteiger partial charge in [-0.25, -0.2) is 12.7 Å². The normalized spacial score (nSPS) is 32.9. The van der Waals surface area contributed by atoms with Gasteiger partial charge < -0.3 is 4.90 Å². The Morgan fingerprint density at radius 1 is 1.20 bits per heavy atom. The minimum Gasteiger partial charge on any atom is -0.337 e. The molecule has 5 nitrogen and oxygen atoms in total. The summed E-state index contributed by atoms with van der Waals surface area (Å²) >= 11 is 0. The summed E-state index contributed by atoms with van der Waals surface area (Å²) in [4.78, 5) is 14.3. The standard InChI is InChI=1S/C14H24N2O3S/c1-20(18,19)15-9-2-6-14(8-10-15)7-5-13(17)16(14)11-12-3-4-12/h12H,2-11H2,1H3. The van der Waals surface area contributed by atoms with Gasteiger partial charge in [0.25, 0.3) is 0 Å². The molecule has 1 aliphatic carbocycles. The van der Waals surface area contributed by atoms with E-state index in [0.717, 1.165) is 32.2 Å². The van der Waals surface area contributed by atoms with Crippen molar-refractivity contribution in [3.63, 3.8) is 0 Å². The minimum atomic E-state index is -3.11. The van der Waals surface area contributed by atoms with Crippen LogP contribution in [0.15, 0.2) is 0 Å². The number of amides is 1. The number of hydrogen-bond acceptors (Lipinski definition) is 3. The van der Waals surface area contributed by atoms with E-state index in [1.54, 1.807) is 4.31 Å². The summed E-state index contributed by atoms with van der Waals surface area (Å²) in [5, 5.41) is 0. The number of nitrogens with zero attached hydrogens (tertiary/aromatic N) is 2. The van der Waals surface area contributed by atoms with Gasteiger partial charge in [-0.1, -0.05) is 0 Å². The summed E-state index contributed by atoms with van der Waals surface area (Å²) in [5.74, 6) is 0.980. The molecule has 3 rings (SSSR count). The zero-order valence-corrected chi connectivity index (χ0v) is 13.0. The predicted octanol–water partition coefficient (Wildman–Crippen LogP) is 1.20. The SMILES string of the molecule is CS(=O)(=O)N1CCCC2(CCC(=O)N2CC2CC2)CC1. The molecule has 0 aromatic heterocycles. The highest BCUT2D eigenvalue weighted by Gasteiger charge is 2.47. The van der Waals surface area contributed by atoms with Crippen LogP contribution in [-0.4, -0.2) is 55.0 Å². The van der Waals surface area contributed by atoms with Crippen LogP contribution in [0.4, 0.5) is 0 Å². The Morgan fingerprint density at radius 3 is 2.60 bits per heavy atom. The monoisotopic (exact) mass is 300 g/mol. The first-order valence-electron chi connectivity index (χ1n) is 7.66. The van der Waals surface area contributed by atoms with E-state index in [9.17, 15) is 13.2 Å². The number of sulfonamides is 1. The Bertz CT molecular complexity index is 501. The van der Waals surface area contributed by atoms with Crippen molar-refractivity contribution in [3.8, 4) is 0 Å². The van der Waals surface area contributed by atoms with Crippen LogP contribution in [0.1, 0.15) is 44.9 Å². The van der Waals surface area contributed by atoms with Gasteiger partial charge in [0.15, 0.2) is 0 Å². The van der Waals surface area contributed by atoms with E-state index in [-0.39, 0.29) is 11.4 Å². The molecule has 1 amide bonds. The molecule has 6 heteroatoms. The molecule has 3 fully saturated rings. The van der Waals surface area contributed by atoms with E-state index >= 15 is 0 Å². The molecule has 1 unspecified atom stereocenters. The summed E-state index contributed by atoms with van der Waals surface area (Å²) in [7, 11) is -3.11. The van der Waals surface area contributed by atoms with Gasteiger partial charge in [0.05, 0.1) is 6.26 Å². The molecule has 114 valence electrons. The quantitative estimate of drug-likeness (QED) is 0.787. The summed E-state index contributed by atoms with van der Waals surface area (Å²) in [6.07, 6.45) is 7.96. The minimum absolute atomic E-state index is 0.0564. The highest BCUT2D eigenvalue weighted by molar-refractivity contribution is 7.88. The molecule has 3 aliphatic rings. The third-order valence-corrected chi connectivity index (χ3v) is 6.46. The summed E-state index contributed by atoms with van der Waals surface area (Å²) < 4.78 is 25.0. The first-order chi connectivity index (χ1) is 9.41. The van der Waals surface area contributed by atoms with Crippen LogP contribution in [-0.2, 0) is 14.8 Å². The molecular formula is C14H24N2O3S. The lowest BCUT2D eigenvalue weighted by atomic mass is 9.87. The fourth-order valence-corrected chi connectivity index (χ4v) is 4.62. The van der Waals surface area contributed by atoms with Crippen molar-refractivity contribution in [3.05, 3.63) is 0 Å². The maximum absolute atomic E-state index is 12.2. The van der Waals surface area contributed by atoms with Crippen molar-refractivity contribution in [1.29, 1.82) is 0 Å². The lowest BCUT2D eigenvalue weighted by Crippen LogP contribution is -2.47. The van der Waals surface area contributed by atoms with Crippen LogP contribution in [0, 0.1) is 5.92 Å². The Kier molecular flexibility index (Phi) is 3.57. The summed E-state index contributed by atoms with van der Waals surface area (Å²) in [6, 6.07) is 0. The maximum Gasteiger partial charge on any atom is 0.223 e. The Hall–Kier alpha value is -0.620. The van der Waals surface area contributed by atoms with Crippen molar-refractivity contribution in [2.24, 2.45) is 5.92 Å². The Morgan fingerprint density at radius 2 is 1.95 bits per heavy atom. The third-order valence-electron chi connectivity index (χ3n) is 5.16. The van der Waals surface area contributed by atoms with Gasteiger partial charge in [-0.2, -0.15) is 0 Å². The van der Waals surface area contributed by atoms with E-state index in [1.165, 1.54) is 19.1 Å². The van der Waals surface area contributed by atoms with Crippen molar-refractivity contribution in [2.45, 2.75) is 50.5 Å². The molecule has 0 aromatic carbocycles. The third kappa shape index (κ3) is 2.72. The van der Waals surface area contributed by atoms with Gasteiger partial charge >= 0.3 is 0 Å². The highest BCUT2D eigenvalue weighted by Crippen LogP contribution is 2.42. The van der Waals surface area contributed by atoms with Gasteiger partial charge in [0.1, 0.15) is 0 Å². The zero-order valence-electron chi connectivity index (χ0n) is 12.2. The summed E-state index contributed by atoms with van der Waals surface area (Å²) in [5.41, 5.74) is -0.0564. The van der Waals surface area contributed by atoms with E-state index < -0.39 is 10.0 Å².